The molecule has 0 unspecified atom stereocenters. The molecule has 0 radical (unpaired) electrons. The smallest absolute Gasteiger partial charge is 0.302 e. The van der Waals surface area contributed by atoms with Crippen LogP contribution in [0.4, 0.5) is 0 Å². The molecule has 1 aliphatic heterocycles. The fraction of sp³-hybridized carbons (Fsp3) is 0.769. The van der Waals surface area contributed by atoms with Crippen molar-refractivity contribution in [2.45, 2.75) is 45.6 Å². The monoisotopic (exact) mass is 224 g/mol. The molecule has 0 aliphatic carbocycles. The van der Waals surface area contributed by atoms with Gasteiger partial charge in [0, 0.05) is 13.3 Å². The molecule has 3 heteroatoms. The zero-order chi connectivity index (χ0) is 11.8. The van der Waals surface area contributed by atoms with Gasteiger partial charge < -0.3 is 9.64 Å². The number of ether oxygens (including phenoxy) is 1. The van der Waals surface area contributed by atoms with Gasteiger partial charge in [-0.1, -0.05) is 5.92 Å². The number of rotatable bonds is 3. The minimum absolute atomic E-state index is 0.0821. The highest BCUT2D eigenvalue weighted by Crippen LogP contribution is 1.96. The molecular formula is C13H22NO2+. The van der Waals surface area contributed by atoms with Crippen molar-refractivity contribution in [3.63, 3.8) is 0 Å². The second-order valence-corrected chi connectivity index (χ2v) is 4.47. The highest BCUT2D eigenvalue weighted by Gasteiger charge is 2.11. The zero-order valence-corrected chi connectivity index (χ0v) is 10.3. The van der Waals surface area contributed by atoms with E-state index in [1.54, 1.807) is 4.90 Å². The van der Waals surface area contributed by atoms with Crippen molar-refractivity contribution in [2.24, 2.45) is 0 Å². The molecule has 1 saturated heterocycles. The van der Waals surface area contributed by atoms with Gasteiger partial charge in [0.25, 0.3) is 0 Å². The normalized spacial score (nSPS) is 18.4. The maximum Gasteiger partial charge on any atom is 0.302 e. The van der Waals surface area contributed by atoms with E-state index in [0.717, 1.165) is 6.54 Å². The summed E-state index contributed by atoms with van der Waals surface area (Å²) in [5.74, 6) is 6.04. The molecular weight excluding hydrogens is 202 g/mol. The number of likely N-dealkylation sites (tertiary alicyclic amines) is 1. The van der Waals surface area contributed by atoms with Crippen LogP contribution in [0, 0.1) is 11.8 Å². The van der Waals surface area contributed by atoms with Crippen LogP contribution in [0.3, 0.4) is 0 Å². The van der Waals surface area contributed by atoms with E-state index in [1.165, 1.54) is 39.3 Å². The van der Waals surface area contributed by atoms with E-state index >= 15 is 0 Å². The summed E-state index contributed by atoms with van der Waals surface area (Å²) >= 11 is 0. The molecule has 1 fully saturated rings. The minimum atomic E-state index is -0.226. The van der Waals surface area contributed by atoms with Crippen LogP contribution in [0.25, 0.3) is 0 Å². The highest BCUT2D eigenvalue weighted by atomic mass is 16.5. The van der Waals surface area contributed by atoms with Crippen molar-refractivity contribution in [3.05, 3.63) is 0 Å². The second kappa shape index (κ2) is 7.29. The van der Waals surface area contributed by atoms with Crippen LogP contribution >= 0.6 is 0 Å². The predicted molar refractivity (Wildman–Crippen MR) is 63.0 cm³/mol. The van der Waals surface area contributed by atoms with Crippen LogP contribution in [0.2, 0.25) is 0 Å². The molecule has 0 amide bonds. The van der Waals surface area contributed by atoms with Crippen molar-refractivity contribution in [2.75, 3.05) is 19.6 Å². The lowest BCUT2D eigenvalue weighted by Gasteiger charge is -2.20. The van der Waals surface area contributed by atoms with E-state index in [-0.39, 0.29) is 12.1 Å². The van der Waals surface area contributed by atoms with Crippen LogP contribution in [0.5, 0.6) is 0 Å². The van der Waals surface area contributed by atoms with Gasteiger partial charge in [0.2, 0.25) is 0 Å². The second-order valence-electron chi connectivity index (χ2n) is 4.47. The molecule has 1 aliphatic rings. The Labute approximate surface area is 98.1 Å². The van der Waals surface area contributed by atoms with Gasteiger partial charge in [-0.2, -0.15) is 0 Å². The largest absolute Gasteiger partial charge is 0.462 e. The standard InChI is InChI=1S/C13H21NO2/c1-12(16-13(2)15)8-4-7-11-14-9-5-3-6-10-14/h12H,3,5-6,8-11H2,1-2H3/p+1/t12-/m1/s1. The summed E-state index contributed by atoms with van der Waals surface area (Å²) in [5, 5.41) is 0. The fourth-order valence-electron chi connectivity index (χ4n) is 1.96. The van der Waals surface area contributed by atoms with Crippen molar-refractivity contribution >= 4 is 5.97 Å². The van der Waals surface area contributed by atoms with Crippen LogP contribution in [0.1, 0.15) is 39.5 Å². The highest BCUT2D eigenvalue weighted by molar-refractivity contribution is 5.66. The molecule has 1 heterocycles. The van der Waals surface area contributed by atoms with Gasteiger partial charge >= 0.3 is 5.97 Å². The van der Waals surface area contributed by atoms with Crippen LogP contribution in [0.15, 0.2) is 0 Å². The molecule has 1 atom stereocenters. The summed E-state index contributed by atoms with van der Waals surface area (Å²) < 4.78 is 4.99. The average Bonchev–Trinajstić information content (AvgIpc) is 2.25. The maximum atomic E-state index is 10.7. The first-order chi connectivity index (χ1) is 7.68. The molecule has 16 heavy (non-hydrogen) atoms. The third-order valence-corrected chi connectivity index (χ3v) is 2.78. The first-order valence-electron chi connectivity index (χ1n) is 6.15. The number of carbonyl (C=O) groups is 1. The van der Waals surface area contributed by atoms with Crippen molar-refractivity contribution in [3.8, 4) is 11.8 Å². The van der Waals surface area contributed by atoms with Gasteiger partial charge in [-0.3, -0.25) is 4.79 Å². The SMILES string of the molecule is CC(=O)O[C@H](C)CC#CC[NH+]1CCCCC1. The van der Waals surface area contributed by atoms with Crippen LogP contribution < -0.4 is 4.90 Å². The maximum absolute atomic E-state index is 10.7. The molecule has 1 rings (SSSR count). The number of piperidine rings is 1. The predicted octanol–water partition coefficient (Wildman–Crippen LogP) is 0.400. The first-order valence-corrected chi connectivity index (χ1v) is 6.15. The van der Waals surface area contributed by atoms with Crippen molar-refractivity contribution in [1.82, 2.24) is 0 Å². The summed E-state index contributed by atoms with van der Waals surface area (Å²) in [6, 6.07) is 0. The molecule has 0 bridgehead atoms. The topological polar surface area (TPSA) is 30.7 Å². The number of hydrogen-bond donors (Lipinski definition) is 1. The third-order valence-electron chi connectivity index (χ3n) is 2.78. The Morgan fingerprint density at radius 2 is 2.00 bits per heavy atom. The lowest BCUT2D eigenvalue weighted by atomic mass is 10.1. The van der Waals surface area contributed by atoms with Gasteiger partial charge in [-0.15, -0.1) is 0 Å². The van der Waals surface area contributed by atoms with E-state index in [9.17, 15) is 4.79 Å². The summed E-state index contributed by atoms with van der Waals surface area (Å²) in [5.41, 5.74) is 0. The van der Waals surface area contributed by atoms with Crippen LogP contribution in [-0.2, 0) is 9.53 Å². The lowest BCUT2D eigenvalue weighted by Crippen LogP contribution is -3.12. The van der Waals surface area contributed by atoms with E-state index in [4.69, 9.17) is 4.74 Å². The molecule has 90 valence electrons. The molecule has 0 aromatic heterocycles. The van der Waals surface area contributed by atoms with E-state index in [0.29, 0.717) is 6.42 Å². The molecule has 1 N–H and O–H groups in total. The summed E-state index contributed by atoms with van der Waals surface area (Å²) in [6.07, 6.45) is 4.61. The fourth-order valence-corrected chi connectivity index (χ4v) is 1.96. The zero-order valence-electron chi connectivity index (χ0n) is 10.3. The molecule has 0 aromatic rings. The average molecular weight is 224 g/mol. The van der Waals surface area contributed by atoms with Crippen molar-refractivity contribution in [1.29, 1.82) is 0 Å². The quantitative estimate of drug-likeness (QED) is 0.556. The number of carbonyl (C=O) groups excluding carboxylic acids is 1. The summed E-state index contributed by atoms with van der Waals surface area (Å²) in [4.78, 5) is 12.3. The summed E-state index contributed by atoms with van der Waals surface area (Å²) in [7, 11) is 0. The Morgan fingerprint density at radius 3 is 2.62 bits per heavy atom. The molecule has 0 saturated carbocycles. The Bertz CT molecular complexity index is 271. The van der Waals surface area contributed by atoms with Gasteiger partial charge in [0.15, 0.2) is 0 Å². The van der Waals surface area contributed by atoms with Gasteiger partial charge in [0.05, 0.1) is 13.1 Å². The van der Waals surface area contributed by atoms with E-state index < -0.39 is 0 Å². The molecule has 0 aromatic carbocycles. The Balaban J connectivity index is 2.14. The Morgan fingerprint density at radius 1 is 1.31 bits per heavy atom. The minimum Gasteiger partial charge on any atom is -0.462 e. The Kier molecular flexibility index (Phi) is 5.95. The summed E-state index contributed by atoms with van der Waals surface area (Å²) in [6.45, 7) is 6.76. The van der Waals surface area contributed by atoms with Crippen molar-refractivity contribution < 1.29 is 14.4 Å². The van der Waals surface area contributed by atoms with Gasteiger partial charge in [-0.25, -0.2) is 0 Å². The van der Waals surface area contributed by atoms with Crippen LogP contribution in [-0.4, -0.2) is 31.7 Å². The van der Waals surface area contributed by atoms with Gasteiger partial charge in [-0.05, 0) is 32.1 Å². The third kappa shape index (κ3) is 5.77. The first kappa shape index (κ1) is 13.1. The number of esters is 1. The lowest BCUT2D eigenvalue weighted by molar-refractivity contribution is -0.897. The van der Waals surface area contributed by atoms with E-state index in [1.807, 2.05) is 6.92 Å². The van der Waals surface area contributed by atoms with E-state index in [2.05, 4.69) is 11.8 Å². The molecule has 3 nitrogen and oxygen atoms in total. The number of nitrogens with one attached hydrogen (secondary N) is 1. The number of quaternary nitrogens is 1. The molecule has 0 spiro atoms. The van der Waals surface area contributed by atoms with Gasteiger partial charge in [0.1, 0.15) is 12.6 Å². The Hall–Kier alpha value is -1.01. The number of hydrogen-bond acceptors (Lipinski definition) is 2.